The van der Waals surface area contributed by atoms with Crippen LogP contribution in [0.5, 0.6) is 5.75 Å². The smallest absolute Gasteiger partial charge is 0.174 e. The molecule has 0 bridgehead atoms. The zero-order chi connectivity index (χ0) is 14.5. The van der Waals surface area contributed by atoms with E-state index in [0.717, 1.165) is 0 Å². The summed E-state index contributed by atoms with van der Waals surface area (Å²) in [4.78, 5) is 11.7. The van der Waals surface area contributed by atoms with Crippen molar-refractivity contribution in [2.75, 3.05) is 6.61 Å². The lowest BCUT2D eigenvalue weighted by atomic mass is 10.1. The van der Waals surface area contributed by atoms with E-state index in [1.165, 1.54) is 30.3 Å². The summed E-state index contributed by atoms with van der Waals surface area (Å²) in [6.45, 7) is -0.153. The molecule has 0 aliphatic heterocycles. The van der Waals surface area contributed by atoms with Crippen LogP contribution in [0.25, 0.3) is 0 Å². The maximum Gasteiger partial charge on any atom is 0.174 e. The first-order valence-electron chi connectivity index (χ1n) is 5.88. The molecule has 0 heterocycles. The predicted octanol–water partition coefficient (Wildman–Crippen LogP) is 3.81. The van der Waals surface area contributed by atoms with Crippen molar-refractivity contribution in [1.29, 1.82) is 0 Å². The molecule has 0 aromatic heterocycles. The highest BCUT2D eigenvalue weighted by molar-refractivity contribution is 6.30. The zero-order valence-electron chi connectivity index (χ0n) is 10.4. The lowest BCUT2D eigenvalue weighted by Gasteiger charge is -2.06. The van der Waals surface area contributed by atoms with Gasteiger partial charge in [0.2, 0.25) is 0 Å². The second kappa shape index (κ2) is 6.48. The molecule has 104 valence electrons. The van der Waals surface area contributed by atoms with E-state index in [-0.39, 0.29) is 29.7 Å². The summed E-state index contributed by atoms with van der Waals surface area (Å²) >= 11 is 5.60. The molecular weight excluding hydrogens is 286 g/mol. The number of ketones is 1. The SMILES string of the molecule is O=C(COc1ccc(F)c(Cl)c1)Cc1ccc(F)cc1. The second-order valence-electron chi connectivity index (χ2n) is 4.21. The highest BCUT2D eigenvalue weighted by atomic mass is 35.5. The van der Waals surface area contributed by atoms with Gasteiger partial charge < -0.3 is 4.74 Å². The molecule has 0 spiro atoms. The summed E-state index contributed by atoms with van der Waals surface area (Å²) in [6, 6.07) is 9.55. The van der Waals surface area contributed by atoms with Gasteiger partial charge in [-0.1, -0.05) is 23.7 Å². The summed E-state index contributed by atoms with van der Waals surface area (Å²) in [5, 5.41) is -0.0616. The Kier molecular flexibility index (Phi) is 4.69. The Balaban J connectivity index is 1.88. The fourth-order valence-electron chi connectivity index (χ4n) is 1.61. The van der Waals surface area contributed by atoms with E-state index in [1.807, 2.05) is 0 Å². The minimum Gasteiger partial charge on any atom is -0.486 e. The Morgan fingerprint density at radius 2 is 1.80 bits per heavy atom. The summed E-state index contributed by atoms with van der Waals surface area (Å²) in [6.07, 6.45) is 0.148. The lowest BCUT2D eigenvalue weighted by Crippen LogP contribution is -2.13. The Bertz CT molecular complexity index is 612. The molecule has 0 atom stereocenters. The van der Waals surface area contributed by atoms with E-state index >= 15 is 0 Å². The zero-order valence-corrected chi connectivity index (χ0v) is 11.2. The molecule has 0 aliphatic carbocycles. The van der Waals surface area contributed by atoms with Crippen LogP contribution < -0.4 is 4.74 Å². The van der Waals surface area contributed by atoms with Gasteiger partial charge in [-0.3, -0.25) is 4.79 Å². The van der Waals surface area contributed by atoms with Crippen molar-refractivity contribution in [3.8, 4) is 5.75 Å². The summed E-state index contributed by atoms with van der Waals surface area (Å²) in [7, 11) is 0. The van der Waals surface area contributed by atoms with Gasteiger partial charge in [0, 0.05) is 12.5 Å². The molecule has 20 heavy (non-hydrogen) atoms. The van der Waals surface area contributed by atoms with Gasteiger partial charge in [-0.25, -0.2) is 8.78 Å². The van der Waals surface area contributed by atoms with Gasteiger partial charge in [-0.15, -0.1) is 0 Å². The Hall–Kier alpha value is -1.94. The minimum absolute atomic E-state index is 0.0616. The molecule has 0 N–H and O–H groups in total. The molecule has 0 amide bonds. The van der Waals surface area contributed by atoms with Gasteiger partial charge >= 0.3 is 0 Å². The van der Waals surface area contributed by atoms with Crippen LogP contribution in [0.3, 0.4) is 0 Å². The number of rotatable bonds is 5. The van der Waals surface area contributed by atoms with E-state index in [1.54, 1.807) is 12.1 Å². The molecule has 2 nitrogen and oxygen atoms in total. The lowest BCUT2D eigenvalue weighted by molar-refractivity contribution is -0.120. The minimum atomic E-state index is -0.545. The first kappa shape index (κ1) is 14.5. The molecule has 2 aromatic carbocycles. The van der Waals surface area contributed by atoms with E-state index in [0.29, 0.717) is 11.3 Å². The number of carbonyl (C=O) groups is 1. The third-order valence-electron chi connectivity index (χ3n) is 2.61. The van der Waals surface area contributed by atoms with Crippen LogP contribution in [0.1, 0.15) is 5.56 Å². The molecule has 0 saturated carbocycles. The van der Waals surface area contributed by atoms with Crippen molar-refractivity contribution < 1.29 is 18.3 Å². The topological polar surface area (TPSA) is 26.3 Å². The van der Waals surface area contributed by atoms with Crippen LogP contribution in [-0.4, -0.2) is 12.4 Å². The maximum atomic E-state index is 12.9. The Morgan fingerprint density at radius 3 is 2.45 bits per heavy atom. The van der Waals surface area contributed by atoms with E-state index in [4.69, 9.17) is 16.3 Å². The fourth-order valence-corrected chi connectivity index (χ4v) is 1.78. The van der Waals surface area contributed by atoms with Crippen LogP contribution in [-0.2, 0) is 11.2 Å². The Labute approximate surface area is 119 Å². The van der Waals surface area contributed by atoms with Gasteiger partial charge in [0.05, 0.1) is 5.02 Å². The van der Waals surface area contributed by atoms with E-state index < -0.39 is 5.82 Å². The number of hydrogen-bond donors (Lipinski definition) is 0. The molecule has 0 saturated heterocycles. The first-order valence-corrected chi connectivity index (χ1v) is 6.26. The maximum absolute atomic E-state index is 12.9. The third kappa shape index (κ3) is 4.03. The van der Waals surface area contributed by atoms with E-state index in [2.05, 4.69) is 0 Å². The van der Waals surface area contributed by atoms with Gasteiger partial charge in [-0.05, 0) is 29.8 Å². The Morgan fingerprint density at radius 1 is 1.10 bits per heavy atom. The highest BCUT2D eigenvalue weighted by Gasteiger charge is 2.07. The number of halogens is 3. The molecular formula is C15H11ClF2O2. The molecule has 0 aliphatic rings. The van der Waals surface area contributed by atoms with Gasteiger partial charge in [0.1, 0.15) is 24.0 Å². The monoisotopic (exact) mass is 296 g/mol. The standard InChI is InChI=1S/C15H11ClF2O2/c16-14-8-13(5-6-15(14)18)20-9-12(19)7-10-1-3-11(17)4-2-10/h1-6,8H,7,9H2. The summed E-state index contributed by atoms with van der Waals surface area (Å²) in [5.41, 5.74) is 0.706. The number of Topliss-reactive ketones (excluding diaryl/α,β-unsaturated/α-hetero) is 1. The predicted molar refractivity (Wildman–Crippen MR) is 72.0 cm³/mol. The molecule has 0 unspecified atom stereocenters. The normalized spacial score (nSPS) is 10.3. The number of carbonyl (C=O) groups excluding carboxylic acids is 1. The van der Waals surface area contributed by atoms with Crippen molar-refractivity contribution in [1.82, 2.24) is 0 Å². The fraction of sp³-hybridized carbons (Fsp3) is 0.133. The van der Waals surface area contributed by atoms with Crippen LogP contribution >= 0.6 is 11.6 Å². The van der Waals surface area contributed by atoms with Gasteiger partial charge in [-0.2, -0.15) is 0 Å². The average molecular weight is 297 g/mol. The van der Waals surface area contributed by atoms with Crippen LogP contribution in [0.15, 0.2) is 42.5 Å². The molecule has 2 rings (SSSR count). The first-order chi connectivity index (χ1) is 9.54. The largest absolute Gasteiger partial charge is 0.486 e. The van der Waals surface area contributed by atoms with E-state index in [9.17, 15) is 13.6 Å². The summed E-state index contributed by atoms with van der Waals surface area (Å²) < 4.78 is 30.9. The average Bonchev–Trinajstić information content (AvgIpc) is 2.43. The molecule has 0 fully saturated rings. The van der Waals surface area contributed by atoms with Gasteiger partial charge in [0.25, 0.3) is 0 Å². The van der Waals surface area contributed by atoms with Crippen molar-refractivity contribution >= 4 is 17.4 Å². The van der Waals surface area contributed by atoms with Crippen LogP contribution in [0.4, 0.5) is 8.78 Å². The quantitative estimate of drug-likeness (QED) is 0.838. The van der Waals surface area contributed by atoms with Crippen molar-refractivity contribution in [3.63, 3.8) is 0 Å². The number of hydrogen-bond acceptors (Lipinski definition) is 2. The number of ether oxygens (including phenoxy) is 1. The van der Waals surface area contributed by atoms with Crippen LogP contribution in [0.2, 0.25) is 5.02 Å². The third-order valence-corrected chi connectivity index (χ3v) is 2.90. The molecule has 5 heteroatoms. The second-order valence-corrected chi connectivity index (χ2v) is 4.61. The number of benzene rings is 2. The summed E-state index contributed by atoms with van der Waals surface area (Å²) in [5.74, 6) is -0.740. The van der Waals surface area contributed by atoms with Crippen molar-refractivity contribution in [2.24, 2.45) is 0 Å². The van der Waals surface area contributed by atoms with Gasteiger partial charge in [0.15, 0.2) is 5.78 Å². The van der Waals surface area contributed by atoms with Crippen molar-refractivity contribution in [3.05, 3.63) is 64.7 Å². The van der Waals surface area contributed by atoms with Crippen molar-refractivity contribution in [2.45, 2.75) is 6.42 Å². The van der Waals surface area contributed by atoms with Crippen LogP contribution in [0, 0.1) is 11.6 Å². The highest BCUT2D eigenvalue weighted by Crippen LogP contribution is 2.21. The molecule has 2 aromatic rings. The molecule has 0 radical (unpaired) electrons.